The Morgan fingerprint density at radius 1 is 1.19 bits per heavy atom. The fourth-order valence-corrected chi connectivity index (χ4v) is 5.54. The van der Waals surface area contributed by atoms with Gasteiger partial charge in [-0.15, -0.1) is 35.1 Å². The number of nitrogens with zero attached hydrogens (tertiary/aromatic N) is 1. The molecule has 0 saturated heterocycles. The number of hydrogen-bond donors (Lipinski definition) is 1. The largest absolute Gasteiger partial charge is 0.462 e. The van der Waals surface area contributed by atoms with Gasteiger partial charge in [-0.1, -0.05) is 36.4 Å². The Kier molecular flexibility index (Phi) is 8.64. The predicted molar refractivity (Wildman–Crippen MR) is 134 cm³/mol. The molecule has 5 nitrogen and oxygen atoms in total. The van der Waals surface area contributed by atoms with Gasteiger partial charge >= 0.3 is 5.97 Å². The zero-order valence-electron chi connectivity index (χ0n) is 17.7. The lowest BCUT2D eigenvalue weighted by Gasteiger charge is -2.27. The van der Waals surface area contributed by atoms with E-state index in [2.05, 4.69) is 22.3 Å². The van der Waals surface area contributed by atoms with Crippen molar-refractivity contribution in [3.63, 3.8) is 0 Å². The normalized spacial score (nSPS) is 13.4. The lowest BCUT2D eigenvalue weighted by molar-refractivity contribution is -0.111. The number of amides is 1. The number of rotatable bonds is 7. The highest BCUT2D eigenvalue weighted by molar-refractivity contribution is 7.17. The van der Waals surface area contributed by atoms with E-state index in [0.717, 1.165) is 41.4 Å². The average Bonchev–Trinajstić information content (AvgIpc) is 3.40. The van der Waals surface area contributed by atoms with E-state index in [9.17, 15) is 9.59 Å². The standard InChI is InChI=1S/C24H24N2O3S2.ClH/c1-2-29-24(28)22-19-12-13-26(15-17-7-4-3-5-8-17)16-20(19)31-23(22)25-21(27)11-10-18-9-6-14-30-18;/h3-11,14H,2,12-13,15-16H2,1H3,(H,25,27);1H/b11-10+;. The quantitative estimate of drug-likeness (QED) is 0.346. The molecule has 1 aliphatic heterocycles. The van der Waals surface area contributed by atoms with Crippen molar-refractivity contribution in [1.82, 2.24) is 4.90 Å². The number of fused-ring (bicyclic) bond motifs is 1. The highest BCUT2D eigenvalue weighted by Gasteiger charge is 2.29. The molecule has 3 aromatic rings. The summed E-state index contributed by atoms with van der Waals surface area (Å²) in [6.07, 6.45) is 4.04. The highest BCUT2D eigenvalue weighted by Crippen LogP contribution is 2.38. The van der Waals surface area contributed by atoms with Crippen molar-refractivity contribution < 1.29 is 14.3 Å². The number of nitrogens with one attached hydrogen (secondary N) is 1. The number of anilines is 1. The Bertz CT molecular complexity index is 1080. The molecule has 0 unspecified atom stereocenters. The molecule has 3 heterocycles. The van der Waals surface area contributed by atoms with E-state index in [1.807, 2.05) is 35.7 Å². The molecule has 1 aliphatic rings. The van der Waals surface area contributed by atoms with Gasteiger partial charge in [0.2, 0.25) is 5.91 Å². The van der Waals surface area contributed by atoms with Crippen molar-refractivity contribution in [3.8, 4) is 0 Å². The molecule has 0 spiro atoms. The van der Waals surface area contributed by atoms with Gasteiger partial charge in [-0.2, -0.15) is 0 Å². The van der Waals surface area contributed by atoms with Crippen LogP contribution in [-0.4, -0.2) is 29.9 Å². The molecule has 0 saturated carbocycles. The van der Waals surface area contributed by atoms with Crippen LogP contribution in [0.5, 0.6) is 0 Å². The molecule has 0 bridgehead atoms. The molecule has 32 heavy (non-hydrogen) atoms. The third-order valence-electron chi connectivity index (χ3n) is 5.04. The van der Waals surface area contributed by atoms with E-state index < -0.39 is 0 Å². The number of thiophene rings is 2. The van der Waals surface area contributed by atoms with Crippen LogP contribution in [0.4, 0.5) is 5.00 Å². The van der Waals surface area contributed by atoms with Crippen molar-refractivity contribution in [2.45, 2.75) is 26.4 Å². The first-order chi connectivity index (χ1) is 15.1. The van der Waals surface area contributed by atoms with Crippen LogP contribution < -0.4 is 5.32 Å². The molecule has 0 aliphatic carbocycles. The molecule has 4 rings (SSSR count). The van der Waals surface area contributed by atoms with Crippen LogP contribution in [0.25, 0.3) is 6.08 Å². The first-order valence-corrected chi connectivity index (χ1v) is 11.9. The molecule has 1 aromatic carbocycles. The van der Waals surface area contributed by atoms with Crippen LogP contribution in [0.15, 0.2) is 53.9 Å². The smallest absolute Gasteiger partial charge is 0.341 e. The van der Waals surface area contributed by atoms with E-state index in [4.69, 9.17) is 4.74 Å². The van der Waals surface area contributed by atoms with Gasteiger partial charge in [-0.25, -0.2) is 4.79 Å². The van der Waals surface area contributed by atoms with E-state index in [1.165, 1.54) is 23.0 Å². The summed E-state index contributed by atoms with van der Waals surface area (Å²) in [6, 6.07) is 14.3. The molecule has 1 N–H and O–H groups in total. The van der Waals surface area contributed by atoms with E-state index >= 15 is 0 Å². The van der Waals surface area contributed by atoms with Crippen molar-refractivity contribution in [2.75, 3.05) is 18.5 Å². The van der Waals surface area contributed by atoms with Gasteiger partial charge in [-0.3, -0.25) is 9.69 Å². The third kappa shape index (κ3) is 5.86. The number of carbonyl (C=O) groups excluding carboxylic acids is 2. The number of benzene rings is 1. The Balaban J connectivity index is 0.00000289. The SMILES string of the molecule is CCOC(=O)c1c(NC(=O)/C=C/c2cccs2)sc2c1CCN(Cc1ccccc1)C2.Cl. The van der Waals surface area contributed by atoms with Gasteiger partial charge in [0.15, 0.2) is 0 Å². The number of halogens is 1. The fourth-order valence-electron chi connectivity index (χ4n) is 3.64. The third-order valence-corrected chi connectivity index (χ3v) is 7.01. The Morgan fingerprint density at radius 2 is 2.00 bits per heavy atom. The molecule has 8 heteroatoms. The monoisotopic (exact) mass is 488 g/mol. The van der Waals surface area contributed by atoms with E-state index in [1.54, 1.807) is 24.3 Å². The summed E-state index contributed by atoms with van der Waals surface area (Å²) in [5.41, 5.74) is 2.78. The Labute approximate surface area is 202 Å². The van der Waals surface area contributed by atoms with Gasteiger partial charge in [0.05, 0.1) is 12.2 Å². The lowest BCUT2D eigenvalue weighted by Crippen LogP contribution is -2.29. The maximum absolute atomic E-state index is 12.7. The maximum Gasteiger partial charge on any atom is 0.341 e. The minimum absolute atomic E-state index is 0. The summed E-state index contributed by atoms with van der Waals surface area (Å²) in [4.78, 5) is 29.7. The molecule has 0 radical (unpaired) electrons. The number of ether oxygens (including phenoxy) is 1. The fraction of sp³-hybridized carbons (Fsp3) is 0.250. The van der Waals surface area contributed by atoms with Crippen LogP contribution in [0.1, 0.15) is 38.2 Å². The molecule has 0 atom stereocenters. The topological polar surface area (TPSA) is 58.6 Å². The number of carbonyl (C=O) groups is 2. The van der Waals surface area contributed by atoms with Crippen molar-refractivity contribution in [3.05, 3.63) is 80.4 Å². The van der Waals surface area contributed by atoms with Gasteiger partial charge in [-0.05, 0) is 42.0 Å². The summed E-state index contributed by atoms with van der Waals surface area (Å²) in [5.74, 6) is -0.618. The minimum Gasteiger partial charge on any atom is -0.462 e. The van der Waals surface area contributed by atoms with Crippen LogP contribution in [0, 0.1) is 0 Å². The molecule has 0 fully saturated rings. The maximum atomic E-state index is 12.7. The summed E-state index contributed by atoms with van der Waals surface area (Å²) in [5, 5.41) is 5.45. The van der Waals surface area contributed by atoms with Gasteiger partial charge in [0.25, 0.3) is 0 Å². The zero-order chi connectivity index (χ0) is 21.6. The van der Waals surface area contributed by atoms with Crippen LogP contribution in [0.3, 0.4) is 0 Å². The van der Waals surface area contributed by atoms with E-state index in [-0.39, 0.29) is 24.3 Å². The van der Waals surface area contributed by atoms with Crippen molar-refractivity contribution >= 4 is 58.0 Å². The lowest BCUT2D eigenvalue weighted by atomic mass is 10.0. The molecule has 2 aromatic heterocycles. The summed E-state index contributed by atoms with van der Waals surface area (Å²) in [7, 11) is 0. The second kappa shape index (κ2) is 11.4. The summed E-state index contributed by atoms with van der Waals surface area (Å²) >= 11 is 3.04. The van der Waals surface area contributed by atoms with E-state index in [0.29, 0.717) is 17.2 Å². The second-order valence-corrected chi connectivity index (χ2v) is 9.30. The van der Waals surface area contributed by atoms with Gasteiger partial charge in [0, 0.05) is 35.5 Å². The molecular weight excluding hydrogens is 464 g/mol. The summed E-state index contributed by atoms with van der Waals surface area (Å²) < 4.78 is 5.30. The van der Waals surface area contributed by atoms with Gasteiger partial charge in [0.1, 0.15) is 5.00 Å². The Morgan fingerprint density at radius 3 is 2.72 bits per heavy atom. The second-order valence-electron chi connectivity index (χ2n) is 7.21. The van der Waals surface area contributed by atoms with Gasteiger partial charge < -0.3 is 10.1 Å². The zero-order valence-corrected chi connectivity index (χ0v) is 20.2. The van der Waals surface area contributed by atoms with Crippen molar-refractivity contribution in [1.29, 1.82) is 0 Å². The number of esters is 1. The average molecular weight is 489 g/mol. The molecule has 168 valence electrons. The minimum atomic E-state index is -0.367. The first-order valence-electron chi connectivity index (χ1n) is 10.2. The van der Waals surface area contributed by atoms with Crippen molar-refractivity contribution in [2.24, 2.45) is 0 Å². The molecule has 1 amide bonds. The molecular formula is C24H25ClN2O3S2. The number of hydrogen-bond acceptors (Lipinski definition) is 6. The first kappa shape index (κ1) is 24.2. The predicted octanol–water partition coefficient (Wildman–Crippen LogP) is 5.62. The van der Waals surface area contributed by atoms with Crippen LogP contribution in [0.2, 0.25) is 0 Å². The highest BCUT2D eigenvalue weighted by atomic mass is 35.5. The summed E-state index contributed by atoms with van der Waals surface area (Å²) in [6.45, 7) is 4.56. The van der Waals surface area contributed by atoms with Crippen LogP contribution >= 0.6 is 35.1 Å². The van der Waals surface area contributed by atoms with Crippen LogP contribution in [-0.2, 0) is 29.0 Å². The Hall–Kier alpha value is -2.45.